The molecule has 0 atom stereocenters. The summed E-state index contributed by atoms with van der Waals surface area (Å²) >= 11 is 0. The Morgan fingerprint density at radius 2 is 1.77 bits per heavy atom. The van der Waals surface area contributed by atoms with E-state index in [9.17, 15) is 0 Å². The molecule has 1 aromatic heterocycles. The number of hydrogen-bond donors (Lipinski definition) is 1. The van der Waals surface area contributed by atoms with Gasteiger partial charge in [0.05, 0.1) is 5.69 Å². The van der Waals surface area contributed by atoms with Crippen LogP contribution in [0.25, 0.3) is 0 Å². The smallest absolute Gasteiger partial charge is 0.0627 e. The van der Waals surface area contributed by atoms with E-state index in [1.54, 1.807) is 0 Å². The fourth-order valence-electron chi connectivity index (χ4n) is 1.48. The molecule has 0 spiro atoms. The Morgan fingerprint density at radius 3 is 2.31 bits per heavy atom. The van der Waals surface area contributed by atoms with Gasteiger partial charge < -0.3 is 0 Å². The lowest BCUT2D eigenvalue weighted by molar-refractivity contribution is 0.630. The molecule has 0 radical (unpaired) electrons. The molecule has 1 N–H and O–H groups in total. The van der Waals surface area contributed by atoms with Gasteiger partial charge in [0.15, 0.2) is 0 Å². The first-order valence-corrected chi connectivity index (χ1v) is 5.11. The van der Waals surface area contributed by atoms with Gasteiger partial charge in [0.2, 0.25) is 0 Å². The standard InChI is InChI=1S/C11H20N2/c1-8(2)5-10-7-11(13-12-10)6-9(3)4/h7-9H,5-6H2,1-4H3,(H,12,13). The predicted molar refractivity (Wildman–Crippen MR) is 55.7 cm³/mol. The summed E-state index contributed by atoms with van der Waals surface area (Å²) in [4.78, 5) is 0. The number of rotatable bonds is 4. The number of nitrogens with one attached hydrogen (secondary N) is 1. The molecule has 0 unspecified atom stereocenters. The van der Waals surface area contributed by atoms with Crippen LogP contribution in [0, 0.1) is 11.8 Å². The Kier molecular flexibility index (Phi) is 3.52. The first kappa shape index (κ1) is 10.3. The van der Waals surface area contributed by atoms with Crippen LogP contribution >= 0.6 is 0 Å². The molecule has 0 bridgehead atoms. The molecule has 0 amide bonds. The molecule has 1 aromatic rings. The Balaban J connectivity index is 2.53. The first-order chi connectivity index (χ1) is 6.08. The Bertz CT molecular complexity index is 224. The van der Waals surface area contributed by atoms with Crippen LogP contribution in [0.15, 0.2) is 6.07 Å². The van der Waals surface area contributed by atoms with E-state index in [1.807, 2.05) is 0 Å². The molecule has 2 nitrogen and oxygen atoms in total. The van der Waals surface area contributed by atoms with Gasteiger partial charge in [-0.15, -0.1) is 0 Å². The highest BCUT2D eigenvalue weighted by Crippen LogP contribution is 2.09. The number of H-pyrrole nitrogens is 1. The highest BCUT2D eigenvalue weighted by molar-refractivity contribution is 5.09. The summed E-state index contributed by atoms with van der Waals surface area (Å²) in [5.41, 5.74) is 2.47. The third-order valence-electron chi connectivity index (χ3n) is 1.93. The minimum Gasteiger partial charge on any atom is -0.282 e. The minimum absolute atomic E-state index is 0.690. The van der Waals surface area contributed by atoms with Crippen molar-refractivity contribution < 1.29 is 0 Å². The summed E-state index contributed by atoms with van der Waals surface area (Å²) in [6, 6.07) is 2.19. The van der Waals surface area contributed by atoms with E-state index in [1.165, 1.54) is 11.4 Å². The second kappa shape index (κ2) is 4.45. The number of aromatic amines is 1. The lowest BCUT2D eigenvalue weighted by Gasteiger charge is -1.99. The Morgan fingerprint density at radius 1 is 1.15 bits per heavy atom. The van der Waals surface area contributed by atoms with E-state index in [0.717, 1.165) is 12.8 Å². The lowest BCUT2D eigenvalue weighted by Crippen LogP contribution is -1.94. The van der Waals surface area contributed by atoms with E-state index in [0.29, 0.717) is 11.8 Å². The molecule has 0 aliphatic heterocycles. The molecule has 0 aliphatic rings. The average molecular weight is 180 g/mol. The van der Waals surface area contributed by atoms with Crippen molar-refractivity contribution >= 4 is 0 Å². The maximum Gasteiger partial charge on any atom is 0.0627 e. The number of aromatic nitrogens is 2. The van der Waals surface area contributed by atoms with Crippen LogP contribution in [0.2, 0.25) is 0 Å². The summed E-state index contributed by atoms with van der Waals surface area (Å²) in [5.74, 6) is 1.39. The first-order valence-electron chi connectivity index (χ1n) is 5.11. The van der Waals surface area contributed by atoms with Crippen molar-refractivity contribution in [3.63, 3.8) is 0 Å². The third-order valence-corrected chi connectivity index (χ3v) is 1.93. The van der Waals surface area contributed by atoms with Crippen molar-refractivity contribution in [3.8, 4) is 0 Å². The molecule has 1 rings (SSSR count). The van der Waals surface area contributed by atoms with Crippen LogP contribution in [-0.2, 0) is 12.8 Å². The van der Waals surface area contributed by atoms with Gasteiger partial charge in [-0.25, -0.2) is 0 Å². The zero-order chi connectivity index (χ0) is 9.84. The lowest BCUT2D eigenvalue weighted by atomic mass is 10.1. The average Bonchev–Trinajstić information content (AvgIpc) is 2.33. The van der Waals surface area contributed by atoms with E-state index in [2.05, 4.69) is 44.0 Å². The van der Waals surface area contributed by atoms with E-state index >= 15 is 0 Å². The van der Waals surface area contributed by atoms with E-state index < -0.39 is 0 Å². The second-order valence-corrected chi connectivity index (χ2v) is 4.58. The van der Waals surface area contributed by atoms with Gasteiger partial charge >= 0.3 is 0 Å². The summed E-state index contributed by atoms with van der Waals surface area (Å²) in [7, 11) is 0. The SMILES string of the molecule is CC(C)Cc1cc(CC(C)C)[nH]n1. The zero-order valence-corrected chi connectivity index (χ0v) is 9.09. The molecular formula is C11H20N2. The molecule has 13 heavy (non-hydrogen) atoms. The van der Waals surface area contributed by atoms with Crippen molar-refractivity contribution in [1.29, 1.82) is 0 Å². The maximum atomic E-state index is 4.28. The van der Waals surface area contributed by atoms with Crippen molar-refractivity contribution in [2.75, 3.05) is 0 Å². The maximum absolute atomic E-state index is 4.28. The molecule has 0 aliphatic carbocycles. The monoisotopic (exact) mass is 180 g/mol. The van der Waals surface area contributed by atoms with Crippen LogP contribution in [0.5, 0.6) is 0 Å². The molecule has 0 aromatic carbocycles. The van der Waals surface area contributed by atoms with Gasteiger partial charge in [0.1, 0.15) is 0 Å². The van der Waals surface area contributed by atoms with Gasteiger partial charge in [-0.3, -0.25) is 5.10 Å². The Hall–Kier alpha value is -0.790. The quantitative estimate of drug-likeness (QED) is 0.758. The van der Waals surface area contributed by atoms with Gasteiger partial charge in [-0.1, -0.05) is 27.7 Å². The van der Waals surface area contributed by atoms with Crippen molar-refractivity contribution in [2.45, 2.75) is 40.5 Å². The van der Waals surface area contributed by atoms with Crippen molar-refractivity contribution in [1.82, 2.24) is 10.2 Å². The topological polar surface area (TPSA) is 28.7 Å². The largest absolute Gasteiger partial charge is 0.282 e. The van der Waals surface area contributed by atoms with Crippen molar-refractivity contribution in [2.24, 2.45) is 11.8 Å². The summed E-state index contributed by atoms with van der Waals surface area (Å²) in [5, 5.41) is 7.38. The fourth-order valence-corrected chi connectivity index (χ4v) is 1.48. The molecule has 2 heteroatoms. The fraction of sp³-hybridized carbons (Fsp3) is 0.727. The van der Waals surface area contributed by atoms with E-state index in [4.69, 9.17) is 0 Å². The summed E-state index contributed by atoms with van der Waals surface area (Å²) in [6.07, 6.45) is 2.18. The summed E-state index contributed by atoms with van der Waals surface area (Å²) in [6.45, 7) is 8.89. The molecule has 74 valence electrons. The van der Waals surface area contributed by atoms with Gasteiger partial charge in [-0.05, 0) is 30.7 Å². The van der Waals surface area contributed by atoms with Gasteiger partial charge in [0.25, 0.3) is 0 Å². The zero-order valence-electron chi connectivity index (χ0n) is 9.09. The molecule has 0 fully saturated rings. The van der Waals surface area contributed by atoms with Crippen molar-refractivity contribution in [3.05, 3.63) is 17.5 Å². The molecule has 1 heterocycles. The Labute approximate surface area is 80.7 Å². The predicted octanol–water partition coefficient (Wildman–Crippen LogP) is 2.81. The molecule has 0 saturated carbocycles. The van der Waals surface area contributed by atoms with E-state index in [-0.39, 0.29) is 0 Å². The van der Waals surface area contributed by atoms with Crippen LogP contribution in [0.1, 0.15) is 39.1 Å². The van der Waals surface area contributed by atoms with Crippen LogP contribution < -0.4 is 0 Å². The van der Waals surface area contributed by atoms with Crippen LogP contribution in [0.4, 0.5) is 0 Å². The van der Waals surface area contributed by atoms with Gasteiger partial charge in [-0.2, -0.15) is 5.10 Å². The second-order valence-electron chi connectivity index (χ2n) is 4.58. The molecule has 0 saturated heterocycles. The van der Waals surface area contributed by atoms with Crippen LogP contribution in [-0.4, -0.2) is 10.2 Å². The number of nitrogens with zero attached hydrogens (tertiary/aromatic N) is 1. The number of hydrogen-bond acceptors (Lipinski definition) is 1. The molecular weight excluding hydrogens is 160 g/mol. The van der Waals surface area contributed by atoms with Gasteiger partial charge in [0, 0.05) is 5.69 Å². The highest BCUT2D eigenvalue weighted by Gasteiger charge is 2.04. The minimum atomic E-state index is 0.690. The highest BCUT2D eigenvalue weighted by atomic mass is 15.1. The normalized spacial score (nSPS) is 11.5. The third kappa shape index (κ3) is 3.62. The van der Waals surface area contributed by atoms with Crippen LogP contribution in [0.3, 0.4) is 0 Å². The summed E-state index contributed by atoms with van der Waals surface area (Å²) < 4.78 is 0.